The van der Waals surface area contributed by atoms with E-state index in [0.29, 0.717) is 50.3 Å². The minimum atomic E-state index is -3.73. The van der Waals surface area contributed by atoms with Crippen LogP contribution in [0.3, 0.4) is 0 Å². The number of hydrogen-bond acceptors (Lipinski definition) is 9. The Hall–Kier alpha value is -3.37. The molecule has 2 aliphatic rings. The number of piperidine rings is 1. The van der Waals surface area contributed by atoms with Gasteiger partial charge in [-0.1, -0.05) is 30.3 Å². The Morgan fingerprint density at radius 2 is 1.71 bits per heavy atom. The van der Waals surface area contributed by atoms with Gasteiger partial charge >= 0.3 is 0 Å². The van der Waals surface area contributed by atoms with Gasteiger partial charge in [0.1, 0.15) is 18.5 Å². The molecule has 0 aromatic heterocycles. The van der Waals surface area contributed by atoms with E-state index in [-0.39, 0.29) is 29.0 Å². The molecule has 2 aliphatic heterocycles. The number of aliphatic hydroxyl groups excluding tert-OH is 1. The predicted octanol–water partition coefficient (Wildman–Crippen LogP) is 1.70. The largest absolute Gasteiger partial charge is 0.491 e. The Bertz CT molecular complexity index is 1720. The third-order valence-electron chi connectivity index (χ3n) is 8.29. The van der Waals surface area contributed by atoms with Crippen LogP contribution in [0.15, 0.2) is 82.6 Å². The fourth-order valence-corrected chi connectivity index (χ4v) is 7.93. The summed E-state index contributed by atoms with van der Waals surface area (Å²) in [4.78, 5) is 11.7. The summed E-state index contributed by atoms with van der Waals surface area (Å²) in [6, 6.07) is 19.5. The van der Waals surface area contributed by atoms with Crippen LogP contribution in [-0.2, 0) is 24.8 Å². The summed E-state index contributed by atoms with van der Waals surface area (Å²) in [6.45, 7) is 1.32. The zero-order chi connectivity index (χ0) is 32.2. The van der Waals surface area contributed by atoms with Crippen LogP contribution in [-0.4, -0.2) is 89.8 Å². The van der Waals surface area contributed by atoms with E-state index in [1.165, 1.54) is 23.5 Å². The molecule has 0 bridgehead atoms. The molecule has 1 amide bonds. The first-order valence-electron chi connectivity index (χ1n) is 14.6. The number of benzene rings is 3. The van der Waals surface area contributed by atoms with Crippen molar-refractivity contribution in [2.24, 2.45) is 5.73 Å². The topological polar surface area (TPSA) is 177 Å². The molecular weight excluding hydrogens is 620 g/mol. The van der Waals surface area contributed by atoms with E-state index in [4.69, 9.17) is 15.2 Å². The minimum Gasteiger partial charge on any atom is -0.491 e. The van der Waals surface area contributed by atoms with Crippen molar-refractivity contribution >= 4 is 26.0 Å². The second-order valence-electron chi connectivity index (χ2n) is 11.3. The molecule has 14 heteroatoms. The number of nitrogens with one attached hydrogen (secondary N) is 2. The number of primary amides is 1. The molecular formula is C31H38N4O8S2. The zero-order valence-corrected chi connectivity index (χ0v) is 26.5. The van der Waals surface area contributed by atoms with Crippen LogP contribution >= 0.6 is 0 Å². The maximum absolute atomic E-state index is 13.5. The zero-order valence-electron chi connectivity index (χ0n) is 24.9. The Kier molecular flexibility index (Phi) is 9.94. The summed E-state index contributed by atoms with van der Waals surface area (Å²) in [5.41, 5.74) is 6.76. The van der Waals surface area contributed by atoms with Crippen molar-refractivity contribution in [1.82, 2.24) is 14.3 Å². The molecule has 5 rings (SSSR count). The lowest BCUT2D eigenvalue weighted by molar-refractivity contribution is -0.0312. The second kappa shape index (κ2) is 13.5. The molecule has 12 nitrogen and oxygen atoms in total. The van der Waals surface area contributed by atoms with Crippen LogP contribution in [0.25, 0.3) is 11.1 Å². The average molecular weight is 659 g/mol. The number of nitrogens with two attached hydrogens (primary N) is 1. The van der Waals surface area contributed by atoms with E-state index in [1.54, 1.807) is 54.6 Å². The lowest BCUT2D eigenvalue weighted by Gasteiger charge is -2.38. The Labute approximate surface area is 263 Å². The number of hydrogen-bond donors (Lipinski definition) is 4. The molecule has 5 N–H and O–H groups in total. The summed E-state index contributed by atoms with van der Waals surface area (Å²) < 4.78 is 66.6. The summed E-state index contributed by atoms with van der Waals surface area (Å²) >= 11 is 0. The Balaban J connectivity index is 1.11. The number of aliphatic hydroxyl groups is 1. The van der Waals surface area contributed by atoms with E-state index in [2.05, 4.69) is 10.0 Å². The molecule has 2 fully saturated rings. The Morgan fingerprint density at radius 1 is 1.02 bits per heavy atom. The van der Waals surface area contributed by atoms with Crippen LogP contribution in [0.4, 0.5) is 0 Å². The minimum absolute atomic E-state index is 0.00968. The van der Waals surface area contributed by atoms with Crippen LogP contribution in [0, 0.1) is 0 Å². The molecule has 1 spiro atoms. The molecule has 3 aromatic rings. The fraction of sp³-hybridized carbons (Fsp3) is 0.387. The molecule has 0 aliphatic carbocycles. The SMILES string of the molecule is CNS(=O)(=O)c1cccc(OC[C@@H](O)CNC2COC3(CCN(S(=O)(=O)c4cccc(-c5ccc(C(N)=O)cc5)c4)CC3)C2)c1. The smallest absolute Gasteiger partial charge is 0.248 e. The number of amides is 1. The number of carbonyl (C=O) groups is 1. The molecule has 2 atom stereocenters. The Morgan fingerprint density at radius 3 is 2.40 bits per heavy atom. The van der Waals surface area contributed by atoms with E-state index in [0.717, 1.165) is 11.1 Å². The number of nitrogens with zero attached hydrogens (tertiary/aromatic N) is 1. The fourth-order valence-electron chi connectivity index (χ4n) is 5.67. The van der Waals surface area contributed by atoms with E-state index >= 15 is 0 Å². The van der Waals surface area contributed by atoms with Crippen molar-refractivity contribution < 1.29 is 36.2 Å². The molecule has 3 aromatic carbocycles. The molecule has 1 unspecified atom stereocenters. The van der Waals surface area contributed by atoms with Crippen LogP contribution in [0.5, 0.6) is 5.75 Å². The first-order valence-corrected chi connectivity index (χ1v) is 17.6. The highest BCUT2D eigenvalue weighted by molar-refractivity contribution is 7.89. The van der Waals surface area contributed by atoms with Crippen molar-refractivity contribution in [3.63, 3.8) is 0 Å². The van der Waals surface area contributed by atoms with Crippen molar-refractivity contribution in [3.8, 4) is 16.9 Å². The maximum Gasteiger partial charge on any atom is 0.248 e. The summed E-state index contributed by atoms with van der Waals surface area (Å²) in [6.07, 6.45) is 0.955. The number of ether oxygens (including phenoxy) is 2. The normalized spacial score (nSPS) is 19.4. The first kappa shape index (κ1) is 33.0. The maximum atomic E-state index is 13.5. The number of carbonyl (C=O) groups excluding carboxylic acids is 1. The summed E-state index contributed by atoms with van der Waals surface area (Å²) in [5.74, 6) is -0.192. The molecule has 45 heavy (non-hydrogen) atoms. The van der Waals surface area contributed by atoms with Gasteiger partial charge in [-0.2, -0.15) is 4.31 Å². The lowest BCUT2D eigenvalue weighted by atomic mass is 9.88. The van der Waals surface area contributed by atoms with Gasteiger partial charge < -0.3 is 25.6 Å². The van der Waals surface area contributed by atoms with Gasteiger partial charge in [-0.15, -0.1) is 0 Å². The van der Waals surface area contributed by atoms with E-state index in [1.807, 2.05) is 6.07 Å². The van der Waals surface area contributed by atoms with E-state index < -0.39 is 37.7 Å². The highest BCUT2D eigenvalue weighted by atomic mass is 32.2. The standard InChI is InChI=1S/C31H38N4O8S2/c1-33-44(38,39)28-6-3-5-27(17-28)42-21-26(36)19-34-25-18-31(43-20-25)12-14-35(15-13-31)45(40,41)29-7-2-4-24(16-29)22-8-10-23(11-9-22)30(32)37/h2-11,16-17,25-26,33-34,36H,12-15,18-21H2,1H3,(H2,32,37)/t25?,26-/m0/s1. The third kappa shape index (κ3) is 7.72. The second-order valence-corrected chi connectivity index (χ2v) is 15.1. The van der Waals surface area contributed by atoms with Crippen molar-refractivity contribution in [1.29, 1.82) is 0 Å². The van der Waals surface area contributed by atoms with Gasteiger partial charge in [-0.25, -0.2) is 21.6 Å². The van der Waals surface area contributed by atoms with Crippen molar-refractivity contribution in [3.05, 3.63) is 78.4 Å². The van der Waals surface area contributed by atoms with Gasteiger partial charge in [-0.05, 0) is 73.8 Å². The number of sulfonamides is 2. The average Bonchev–Trinajstić information content (AvgIpc) is 3.45. The van der Waals surface area contributed by atoms with Gasteiger partial charge in [0.05, 0.1) is 22.0 Å². The van der Waals surface area contributed by atoms with Crippen molar-refractivity contribution in [2.75, 3.05) is 39.9 Å². The van der Waals surface area contributed by atoms with Crippen molar-refractivity contribution in [2.45, 2.75) is 46.8 Å². The molecule has 0 radical (unpaired) electrons. The van der Waals surface area contributed by atoms with Gasteiger partial charge in [0.2, 0.25) is 26.0 Å². The van der Waals surface area contributed by atoms with Gasteiger partial charge in [0, 0.05) is 37.3 Å². The molecule has 2 heterocycles. The van der Waals surface area contributed by atoms with Gasteiger partial charge in [0.15, 0.2) is 0 Å². The van der Waals surface area contributed by atoms with Crippen LogP contribution < -0.4 is 20.5 Å². The summed E-state index contributed by atoms with van der Waals surface area (Å²) in [7, 11) is -6.00. The highest BCUT2D eigenvalue weighted by Crippen LogP contribution is 2.37. The number of rotatable bonds is 12. The van der Waals surface area contributed by atoms with Gasteiger partial charge in [-0.3, -0.25) is 4.79 Å². The lowest BCUT2D eigenvalue weighted by Crippen LogP contribution is -2.47. The molecule has 2 saturated heterocycles. The highest BCUT2D eigenvalue weighted by Gasteiger charge is 2.44. The van der Waals surface area contributed by atoms with Crippen LogP contribution in [0.2, 0.25) is 0 Å². The first-order chi connectivity index (χ1) is 21.4. The van der Waals surface area contributed by atoms with E-state index in [9.17, 15) is 26.7 Å². The molecule has 242 valence electrons. The predicted molar refractivity (Wildman–Crippen MR) is 168 cm³/mol. The van der Waals surface area contributed by atoms with Gasteiger partial charge in [0.25, 0.3) is 0 Å². The molecule has 0 saturated carbocycles. The summed E-state index contributed by atoms with van der Waals surface area (Å²) in [5, 5.41) is 13.8. The third-order valence-corrected chi connectivity index (χ3v) is 11.6. The van der Waals surface area contributed by atoms with Crippen LogP contribution in [0.1, 0.15) is 29.6 Å². The quantitative estimate of drug-likeness (QED) is 0.226. The monoisotopic (exact) mass is 658 g/mol.